The number of rotatable bonds is 2. The number of pyridine rings is 1. The first-order valence-corrected chi connectivity index (χ1v) is 5.63. The summed E-state index contributed by atoms with van der Waals surface area (Å²) in [6, 6.07) is 3.21. The number of anilines is 2. The van der Waals surface area contributed by atoms with Gasteiger partial charge in [0.05, 0.1) is 0 Å². The van der Waals surface area contributed by atoms with Crippen LogP contribution in [0.5, 0.6) is 0 Å². The number of nitrogen functional groups attached to an aromatic ring is 1. The zero-order valence-electron chi connectivity index (χ0n) is 9.47. The highest BCUT2D eigenvalue weighted by molar-refractivity contribution is 5.86. The van der Waals surface area contributed by atoms with Crippen LogP contribution in [-0.2, 0) is 0 Å². The van der Waals surface area contributed by atoms with Gasteiger partial charge in [-0.3, -0.25) is 4.90 Å². The summed E-state index contributed by atoms with van der Waals surface area (Å²) in [5, 5.41) is 12.5. The van der Waals surface area contributed by atoms with Crippen LogP contribution in [0.1, 0.15) is 12.8 Å². The maximum Gasteiger partial charge on any atom is 0.413 e. The van der Waals surface area contributed by atoms with Crippen LogP contribution < -0.4 is 16.0 Å². The first-order chi connectivity index (χ1) is 8.18. The predicted octanol–water partition coefficient (Wildman–Crippen LogP) is 0.900. The van der Waals surface area contributed by atoms with E-state index >= 15 is 0 Å². The van der Waals surface area contributed by atoms with E-state index in [1.165, 1.54) is 11.1 Å². The predicted molar refractivity (Wildman–Crippen MR) is 65.0 cm³/mol. The summed E-state index contributed by atoms with van der Waals surface area (Å²) in [4.78, 5) is 16.7. The van der Waals surface area contributed by atoms with Gasteiger partial charge in [-0.2, -0.15) is 0 Å². The minimum absolute atomic E-state index is 0.0250. The Labute approximate surface area is 99.4 Å². The van der Waals surface area contributed by atoms with Crippen molar-refractivity contribution in [3.63, 3.8) is 0 Å². The Hall–Kier alpha value is -1.82. The Kier molecular flexibility index (Phi) is 3.43. The Morgan fingerprint density at radius 1 is 1.53 bits per heavy atom. The van der Waals surface area contributed by atoms with E-state index in [9.17, 15) is 9.90 Å². The summed E-state index contributed by atoms with van der Waals surface area (Å²) in [6.45, 7) is 1.66. The van der Waals surface area contributed by atoms with E-state index < -0.39 is 6.09 Å². The molecule has 0 aromatic carbocycles. The third-order valence-corrected chi connectivity index (χ3v) is 2.90. The molecule has 6 heteroatoms. The Morgan fingerprint density at radius 2 is 2.24 bits per heavy atom. The maximum absolute atomic E-state index is 11.3. The van der Waals surface area contributed by atoms with Crippen molar-refractivity contribution in [1.82, 2.24) is 10.3 Å². The highest BCUT2D eigenvalue weighted by Crippen LogP contribution is 2.21. The van der Waals surface area contributed by atoms with Gasteiger partial charge in [0, 0.05) is 24.0 Å². The Morgan fingerprint density at radius 3 is 2.82 bits per heavy atom. The van der Waals surface area contributed by atoms with E-state index in [0.717, 1.165) is 25.9 Å². The third kappa shape index (κ3) is 2.65. The van der Waals surface area contributed by atoms with E-state index in [2.05, 4.69) is 10.3 Å². The first kappa shape index (κ1) is 11.7. The molecular weight excluding hydrogens is 220 g/mol. The standard InChI is InChI=1S/C11H16N4O2/c12-8-1-6-14-10(7-8)15(11(16)17)9-2-4-13-5-3-9/h1,6-7,9,13H,2-5H2,(H2,12,14)(H,16,17). The molecule has 0 spiro atoms. The van der Waals surface area contributed by atoms with Crippen molar-refractivity contribution in [1.29, 1.82) is 0 Å². The molecule has 2 heterocycles. The number of hydrogen-bond acceptors (Lipinski definition) is 4. The molecule has 1 saturated heterocycles. The third-order valence-electron chi connectivity index (χ3n) is 2.90. The molecule has 0 aliphatic carbocycles. The molecule has 17 heavy (non-hydrogen) atoms. The van der Waals surface area contributed by atoms with E-state index in [0.29, 0.717) is 11.5 Å². The van der Waals surface area contributed by atoms with E-state index in [-0.39, 0.29) is 6.04 Å². The average molecular weight is 236 g/mol. The summed E-state index contributed by atoms with van der Waals surface area (Å²) >= 11 is 0. The van der Waals surface area contributed by atoms with Gasteiger partial charge >= 0.3 is 6.09 Å². The number of aromatic nitrogens is 1. The van der Waals surface area contributed by atoms with Crippen LogP contribution in [0, 0.1) is 0 Å². The highest BCUT2D eigenvalue weighted by Gasteiger charge is 2.27. The Balaban J connectivity index is 2.25. The van der Waals surface area contributed by atoms with E-state index in [4.69, 9.17) is 5.73 Å². The highest BCUT2D eigenvalue weighted by atomic mass is 16.4. The lowest BCUT2D eigenvalue weighted by Crippen LogP contribution is -2.46. The molecule has 1 amide bonds. The molecule has 1 aliphatic rings. The van der Waals surface area contributed by atoms with Crippen molar-refractivity contribution >= 4 is 17.6 Å². The molecule has 1 fully saturated rings. The number of amides is 1. The molecule has 1 aromatic heterocycles. The monoisotopic (exact) mass is 236 g/mol. The molecule has 6 nitrogen and oxygen atoms in total. The Bertz CT molecular complexity index is 404. The van der Waals surface area contributed by atoms with E-state index in [1.54, 1.807) is 12.1 Å². The smallest absolute Gasteiger partial charge is 0.413 e. The van der Waals surface area contributed by atoms with Crippen LogP contribution in [0.4, 0.5) is 16.3 Å². The summed E-state index contributed by atoms with van der Waals surface area (Å²) in [5.74, 6) is 0.407. The SMILES string of the molecule is Nc1ccnc(N(C(=O)O)C2CCNCC2)c1. The zero-order chi connectivity index (χ0) is 12.3. The van der Waals surface area contributed by atoms with Gasteiger partial charge in [-0.15, -0.1) is 0 Å². The van der Waals surface area contributed by atoms with Crippen molar-refractivity contribution < 1.29 is 9.90 Å². The van der Waals surface area contributed by atoms with Gasteiger partial charge in [0.1, 0.15) is 5.82 Å². The van der Waals surface area contributed by atoms with Crippen molar-refractivity contribution in [2.45, 2.75) is 18.9 Å². The van der Waals surface area contributed by atoms with Crippen molar-refractivity contribution in [3.8, 4) is 0 Å². The second kappa shape index (κ2) is 5.01. The molecule has 0 saturated carbocycles. The molecular formula is C11H16N4O2. The van der Waals surface area contributed by atoms with Crippen LogP contribution in [-0.4, -0.2) is 35.3 Å². The maximum atomic E-state index is 11.3. The number of carboxylic acid groups (broad SMARTS) is 1. The average Bonchev–Trinajstić information content (AvgIpc) is 2.30. The summed E-state index contributed by atoms with van der Waals surface area (Å²) in [6.07, 6.45) is 2.14. The number of nitrogens with zero attached hydrogens (tertiary/aromatic N) is 2. The molecule has 1 aromatic rings. The number of nitrogens with two attached hydrogens (primary N) is 1. The quantitative estimate of drug-likeness (QED) is 0.709. The second-order valence-electron chi connectivity index (χ2n) is 4.08. The fourth-order valence-corrected chi connectivity index (χ4v) is 2.07. The van der Waals surface area contributed by atoms with Crippen LogP contribution in [0.15, 0.2) is 18.3 Å². The van der Waals surface area contributed by atoms with Gasteiger partial charge in [-0.1, -0.05) is 0 Å². The normalized spacial score (nSPS) is 16.7. The topological polar surface area (TPSA) is 91.5 Å². The fourth-order valence-electron chi connectivity index (χ4n) is 2.07. The lowest BCUT2D eigenvalue weighted by Gasteiger charge is -2.31. The van der Waals surface area contributed by atoms with Gasteiger partial charge in [-0.05, 0) is 32.0 Å². The lowest BCUT2D eigenvalue weighted by molar-refractivity contribution is 0.196. The zero-order valence-corrected chi connectivity index (χ0v) is 9.47. The van der Waals surface area contributed by atoms with Crippen LogP contribution >= 0.6 is 0 Å². The summed E-state index contributed by atoms with van der Waals surface area (Å²) < 4.78 is 0. The minimum Gasteiger partial charge on any atom is -0.465 e. The van der Waals surface area contributed by atoms with Gasteiger partial charge in [0.25, 0.3) is 0 Å². The van der Waals surface area contributed by atoms with Crippen LogP contribution in [0.25, 0.3) is 0 Å². The summed E-state index contributed by atoms with van der Waals surface area (Å²) in [5.41, 5.74) is 6.18. The molecule has 0 radical (unpaired) electrons. The molecule has 0 unspecified atom stereocenters. The number of piperidine rings is 1. The van der Waals surface area contributed by atoms with Gasteiger partial charge in [0.15, 0.2) is 0 Å². The molecule has 92 valence electrons. The van der Waals surface area contributed by atoms with E-state index in [1.807, 2.05) is 0 Å². The van der Waals surface area contributed by atoms with Crippen molar-refractivity contribution in [2.24, 2.45) is 0 Å². The number of nitrogens with one attached hydrogen (secondary N) is 1. The largest absolute Gasteiger partial charge is 0.465 e. The van der Waals surface area contributed by atoms with Crippen molar-refractivity contribution in [2.75, 3.05) is 23.7 Å². The van der Waals surface area contributed by atoms with Gasteiger partial charge in [0.2, 0.25) is 0 Å². The molecule has 2 rings (SSSR count). The second-order valence-corrected chi connectivity index (χ2v) is 4.08. The molecule has 4 N–H and O–H groups in total. The van der Waals surface area contributed by atoms with Crippen molar-refractivity contribution in [3.05, 3.63) is 18.3 Å². The lowest BCUT2D eigenvalue weighted by atomic mass is 10.1. The first-order valence-electron chi connectivity index (χ1n) is 5.63. The number of hydrogen-bond donors (Lipinski definition) is 3. The van der Waals surface area contributed by atoms with Crippen LogP contribution in [0.3, 0.4) is 0 Å². The van der Waals surface area contributed by atoms with Crippen LogP contribution in [0.2, 0.25) is 0 Å². The van der Waals surface area contributed by atoms with Gasteiger partial charge in [-0.25, -0.2) is 9.78 Å². The molecule has 0 bridgehead atoms. The number of carbonyl (C=O) groups is 1. The molecule has 0 atom stereocenters. The minimum atomic E-state index is -0.977. The van der Waals surface area contributed by atoms with Gasteiger partial charge < -0.3 is 16.2 Å². The fraction of sp³-hybridized carbons (Fsp3) is 0.455. The summed E-state index contributed by atoms with van der Waals surface area (Å²) in [7, 11) is 0. The molecule has 1 aliphatic heterocycles.